The average Bonchev–Trinajstić information content (AvgIpc) is 2.18. The molecule has 0 saturated carbocycles. The molecular weight excluding hydrogens is 250 g/mol. The fourth-order valence-electron chi connectivity index (χ4n) is 1.01. The first-order valence-electron chi connectivity index (χ1n) is 4.85. The molecule has 0 heterocycles. The second-order valence-corrected chi connectivity index (χ2v) is 6.16. The van der Waals surface area contributed by atoms with Gasteiger partial charge in [0.2, 0.25) is 10.0 Å². The van der Waals surface area contributed by atoms with Gasteiger partial charge >= 0.3 is 0 Å². The molecule has 0 bridgehead atoms. The van der Waals surface area contributed by atoms with E-state index in [1.54, 1.807) is 13.8 Å². The summed E-state index contributed by atoms with van der Waals surface area (Å²) in [5.41, 5.74) is 4.88. The molecule has 4 nitrogen and oxygen atoms in total. The molecule has 0 amide bonds. The van der Waals surface area contributed by atoms with Gasteiger partial charge in [-0.1, -0.05) is 0 Å². The summed E-state index contributed by atoms with van der Waals surface area (Å²) in [6, 6.07) is 2.38. The van der Waals surface area contributed by atoms with Crippen LogP contribution >= 0.6 is 0 Å². The highest BCUT2D eigenvalue weighted by Crippen LogP contribution is 2.13. The minimum absolute atomic E-state index is 0.00563. The van der Waals surface area contributed by atoms with Crippen molar-refractivity contribution in [2.45, 2.75) is 24.3 Å². The predicted octanol–water partition coefficient (Wildman–Crippen LogP) is 0.980. The summed E-state index contributed by atoms with van der Waals surface area (Å²) < 4.78 is 51.1. The smallest absolute Gasteiger partial charge is 0.240 e. The standard InChI is InChI=1S/C10H14F2N2O2S/c1-10(2,13)6-14-17(15,16)7-3-4-8(11)9(12)5-7/h3-5,14H,6,13H2,1-2H3. The van der Waals surface area contributed by atoms with Gasteiger partial charge in [-0.25, -0.2) is 21.9 Å². The summed E-state index contributed by atoms with van der Waals surface area (Å²) in [4.78, 5) is -0.333. The van der Waals surface area contributed by atoms with Crippen LogP contribution in [0.25, 0.3) is 0 Å². The summed E-state index contributed by atoms with van der Waals surface area (Å²) in [6.45, 7) is 3.27. The van der Waals surface area contributed by atoms with Gasteiger partial charge in [0.25, 0.3) is 0 Å². The molecule has 0 aliphatic heterocycles. The number of rotatable bonds is 4. The van der Waals surface area contributed by atoms with Crippen molar-refractivity contribution in [1.29, 1.82) is 0 Å². The molecule has 1 rings (SSSR count). The fourth-order valence-corrected chi connectivity index (χ4v) is 2.24. The normalized spacial score (nSPS) is 12.8. The molecule has 1 aromatic carbocycles. The average molecular weight is 264 g/mol. The van der Waals surface area contributed by atoms with Crippen LogP contribution in [0.3, 0.4) is 0 Å². The largest absolute Gasteiger partial charge is 0.324 e. The van der Waals surface area contributed by atoms with Crippen molar-refractivity contribution in [1.82, 2.24) is 4.72 Å². The minimum atomic E-state index is -3.87. The van der Waals surface area contributed by atoms with Crippen LogP contribution in [0.4, 0.5) is 8.78 Å². The number of halogens is 2. The molecule has 0 aliphatic rings. The Bertz CT molecular complexity index is 510. The minimum Gasteiger partial charge on any atom is -0.324 e. The van der Waals surface area contributed by atoms with Crippen molar-refractivity contribution in [2.75, 3.05) is 6.54 Å². The molecular formula is C10H14F2N2O2S. The molecule has 96 valence electrons. The lowest BCUT2D eigenvalue weighted by atomic mass is 10.1. The highest BCUT2D eigenvalue weighted by Gasteiger charge is 2.19. The molecule has 0 unspecified atom stereocenters. The van der Waals surface area contributed by atoms with E-state index in [0.717, 1.165) is 12.1 Å². The van der Waals surface area contributed by atoms with Crippen molar-refractivity contribution in [2.24, 2.45) is 5.73 Å². The maximum Gasteiger partial charge on any atom is 0.240 e. The van der Waals surface area contributed by atoms with Gasteiger partial charge < -0.3 is 5.73 Å². The highest BCUT2D eigenvalue weighted by atomic mass is 32.2. The molecule has 7 heteroatoms. The Morgan fingerprint density at radius 3 is 2.35 bits per heavy atom. The Morgan fingerprint density at radius 2 is 1.88 bits per heavy atom. The predicted molar refractivity (Wildman–Crippen MR) is 59.8 cm³/mol. The van der Waals surface area contributed by atoms with Crippen LogP contribution in [0.1, 0.15) is 13.8 Å². The summed E-state index contributed by atoms with van der Waals surface area (Å²) in [6.07, 6.45) is 0. The molecule has 0 atom stereocenters. The van der Waals surface area contributed by atoms with Gasteiger partial charge in [-0.3, -0.25) is 0 Å². The van der Waals surface area contributed by atoms with Crippen LogP contribution in [0.5, 0.6) is 0 Å². The topological polar surface area (TPSA) is 72.2 Å². The summed E-state index contributed by atoms with van der Waals surface area (Å²) >= 11 is 0. The lowest BCUT2D eigenvalue weighted by Gasteiger charge is -2.18. The van der Waals surface area contributed by atoms with E-state index in [0.29, 0.717) is 6.07 Å². The fraction of sp³-hybridized carbons (Fsp3) is 0.400. The third-order valence-electron chi connectivity index (χ3n) is 1.92. The molecule has 0 fully saturated rings. The van der Waals surface area contributed by atoms with Gasteiger partial charge in [-0.05, 0) is 32.0 Å². The first kappa shape index (κ1) is 14.0. The Morgan fingerprint density at radius 1 is 1.29 bits per heavy atom. The number of hydrogen-bond donors (Lipinski definition) is 2. The molecule has 17 heavy (non-hydrogen) atoms. The second kappa shape index (κ2) is 4.67. The van der Waals surface area contributed by atoms with E-state index >= 15 is 0 Å². The highest BCUT2D eigenvalue weighted by molar-refractivity contribution is 7.89. The number of sulfonamides is 1. The van der Waals surface area contributed by atoms with Crippen molar-refractivity contribution in [3.63, 3.8) is 0 Å². The second-order valence-electron chi connectivity index (χ2n) is 4.39. The van der Waals surface area contributed by atoms with Crippen molar-refractivity contribution < 1.29 is 17.2 Å². The molecule has 0 spiro atoms. The van der Waals surface area contributed by atoms with Gasteiger partial charge in [0.05, 0.1) is 4.90 Å². The van der Waals surface area contributed by atoms with Gasteiger partial charge in [0.1, 0.15) is 0 Å². The first-order chi connectivity index (χ1) is 7.62. The van der Waals surface area contributed by atoms with Crippen LogP contribution in [0.15, 0.2) is 23.1 Å². The summed E-state index contributed by atoms with van der Waals surface area (Å²) in [5.74, 6) is -2.30. The summed E-state index contributed by atoms with van der Waals surface area (Å²) in [7, 11) is -3.87. The van der Waals surface area contributed by atoms with Crippen molar-refractivity contribution in [3.8, 4) is 0 Å². The van der Waals surface area contributed by atoms with Gasteiger partial charge in [0, 0.05) is 12.1 Å². The zero-order chi connectivity index (χ0) is 13.3. The third kappa shape index (κ3) is 4.03. The third-order valence-corrected chi connectivity index (χ3v) is 3.32. The van der Waals surface area contributed by atoms with Crippen LogP contribution < -0.4 is 10.5 Å². The maximum absolute atomic E-state index is 12.9. The lowest BCUT2D eigenvalue weighted by molar-refractivity contribution is 0.493. The zero-order valence-electron chi connectivity index (χ0n) is 9.50. The van der Waals surface area contributed by atoms with Crippen LogP contribution in [-0.4, -0.2) is 20.5 Å². The molecule has 1 aromatic rings. The Balaban J connectivity index is 2.94. The Labute approximate surface area is 98.9 Å². The van der Waals surface area contributed by atoms with Crippen LogP contribution in [0, 0.1) is 11.6 Å². The molecule has 0 aliphatic carbocycles. The number of hydrogen-bond acceptors (Lipinski definition) is 3. The van der Waals surface area contributed by atoms with E-state index in [-0.39, 0.29) is 11.4 Å². The zero-order valence-corrected chi connectivity index (χ0v) is 10.3. The van der Waals surface area contributed by atoms with E-state index in [2.05, 4.69) is 4.72 Å². The van der Waals surface area contributed by atoms with Gasteiger partial charge in [-0.15, -0.1) is 0 Å². The van der Waals surface area contributed by atoms with E-state index in [9.17, 15) is 17.2 Å². The maximum atomic E-state index is 12.9. The van der Waals surface area contributed by atoms with Gasteiger partial charge in [-0.2, -0.15) is 0 Å². The van der Waals surface area contributed by atoms with Crippen molar-refractivity contribution >= 4 is 10.0 Å². The molecule has 0 saturated heterocycles. The lowest BCUT2D eigenvalue weighted by Crippen LogP contribution is -2.45. The Kier molecular flexibility index (Phi) is 3.85. The van der Waals surface area contributed by atoms with E-state index in [1.807, 2.05) is 0 Å². The number of nitrogens with two attached hydrogens (primary N) is 1. The molecule has 0 radical (unpaired) electrons. The van der Waals surface area contributed by atoms with E-state index < -0.39 is 27.2 Å². The van der Waals surface area contributed by atoms with E-state index in [1.165, 1.54) is 0 Å². The SMILES string of the molecule is CC(C)(N)CNS(=O)(=O)c1ccc(F)c(F)c1. The number of benzene rings is 1. The van der Waals surface area contributed by atoms with Crippen molar-refractivity contribution in [3.05, 3.63) is 29.8 Å². The molecule has 3 N–H and O–H groups in total. The summed E-state index contributed by atoms with van der Waals surface area (Å²) in [5, 5.41) is 0. The van der Waals surface area contributed by atoms with Crippen LogP contribution in [-0.2, 0) is 10.0 Å². The molecule has 0 aromatic heterocycles. The van der Waals surface area contributed by atoms with Gasteiger partial charge in [0.15, 0.2) is 11.6 Å². The monoisotopic (exact) mass is 264 g/mol. The Hall–Kier alpha value is -1.05. The first-order valence-corrected chi connectivity index (χ1v) is 6.34. The van der Waals surface area contributed by atoms with E-state index in [4.69, 9.17) is 5.73 Å². The quantitative estimate of drug-likeness (QED) is 0.851. The van der Waals surface area contributed by atoms with Crippen LogP contribution in [0.2, 0.25) is 0 Å². The number of nitrogens with one attached hydrogen (secondary N) is 1.